The Bertz CT molecular complexity index is 606. The number of piperidine rings is 1. The van der Waals surface area contributed by atoms with E-state index in [1.807, 2.05) is 16.7 Å². The van der Waals surface area contributed by atoms with Gasteiger partial charge in [0.25, 0.3) is 0 Å². The molecule has 1 aliphatic rings. The van der Waals surface area contributed by atoms with Gasteiger partial charge < -0.3 is 5.32 Å². The van der Waals surface area contributed by atoms with Gasteiger partial charge in [-0.25, -0.2) is 0 Å². The predicted octanol–water partition coefficient (Wildman–Crippen LogP) is 1.78. The molecule has 3 rings (SSSR count). The molecule has 1 aromatic heterocycles. The van der Waals surface area contributed by atoms with Crippen LogP contribution in [-0.2, 0) is 0 Å². The highest BCUT2D eigenvalue weighted by molar-refractivity contribution is 5.51. The zero-order chi connectivity index (χ0) is 14.5. The van der Waals surface area contributed by atoms with Crippen molar-refractivity contribution in [1.29, 1.82) is 0 Å². The van der Waals surface area contributed by atoms with Crippen molar-refractivity contribution in [3.8, 4) is 18.0 Å². The first-order valence-corrected chi connectivity index (χ1v) is 7.22. The number of nitrogens with zero attached hydrogens (tertiary/aromatic N) is 4. The first kappa shape index (κ1) is 13.7. The van der Waals surface area contributed by atoms with Gasteiger partial charge in [0.15, 0.2) is 0 Å². The second-order valence-corrected chi connectivity index (χ2v) is 5.32. The van der Waals surface area contributed by atoms with Crippen LogP contribution < -0.4 is 5.32 Å². The summed E-state index contributed by atoms with van der Waals surface area (Å²) in [7, 11) is 0. The molecule has 1 N–H and O–H groups in total. The molecule has 5 heteroatoms. The minimum atomic E-state index is 0.509. The van der Waals surface area contributed by atoms with Crippen molar-refractivity contribution in [2.75, 3.05) is 25.0 Å². The van der Waals surface area contributed by atoms with Gasteiger partial charge in [0.1, 0.15) is 12.7 Å². The zero-order valence-electron chi connectivity index (χ0n) is 11.9. The number of aromatic nitrogens is 3. The summed E-state index contributed by atoms with van der Waals surface area (Å²) in [5.74, 6) is 2.72. The molecule has 21 heavy (non-hydrogen) atoms. The maximum atomic E-state index is 5.36. The van der Waals surface area contributed by atoms with Crippen LogP contribution in [0.4, 0.5) is 5.69 Å². The molecule has 5 nitrogen and oxygen atoms in total. The van der Waals surface area contributed by atoms with E-state index >= 15 is 0 Å². The Labute approximate surface area is 125 Å². The number of likely N-dealkylation sites (tertiary alicyclic amines) is 1. The zero-order valence-corrected chi connectivity index (χ0v) is 11.9. The van der Waals surface area contributed by atoms with E-state index < -0.39 is 0 Å². The van der Waals surface area contributed by atoms with E-state index in [-0.39, 0.29) is 0 Å². The number of hydrogen-bond acceptors (Lipinski definition) is 4. The molecular weight excluding hydrogens is 262 g/mol. The Kier molecular flexibility index (Phi) is 4.17. The molecule has 0 saturated carbocycles. The average Bonchev–Trinajstić information content (AvgIpc) is 3.04. The Hall–Kier alpha value is -2.32. The van der Waals surface area contributed by atoms with Crippen molar-refractivity contribution in [3.05, 3.63) is 36.9 Å². The van der Waals surface area contributed by atoms with E-state index in [1.54, 1.807) is 12.7 Å². The molecule has 0 amide bonds. The minimum Gasteiger partial charge on any atom is -0.382 e. The average molecular weight is 281 g/mol. The van der Waals surface area contributed by atoms with Crippen LogP contribution in [0.3, 0.4) is 0 Å². The predicted molar refractivity (Wildman–Crippen MR) is 83.3 cm³/mol. The van der Waals surface area contributed by atoms with Crippen LogP contribution >= 0.6 is 0 Å². The van der Waals surface area contributed by atoms with Crippen molar-refractivity contribution in [2.45, 2.75) is 18.9 Å². The number of rotatable bonds is 4. The van der Waals surface area contributed by atoms with E-state index in [1.165, 1.54) is 0 Å². The molecule has 0 radical (unpaired) electrons. The lowest BCUT2D eigenvalue weighted by Crippen LogP contribution is -2.39. The molecular formula is C16H19N5. The molecule has 1 aromatic carbocycles. The van der Waals surface area contributed by atoms with Crippen LogP contribution in [-0.4, -0.2) is 45.3 Å². The number of terminal acetylenes is 1. The second kappa shape index (κ2) is 6.42. The maximum Gasteiger partial charge on any atom is 0.123 e. The summed E-state index contributed by atoms with van der Waals surface area (Å²) in [5.41, 5.74) is 2.20. The van der Waals surface area contributed by atoms with Crippen LogP contribution in [0, 0.1) is 12.3 Å². The topological polar surface area (TPSA) is 46.0 Å². The lowest BCUT2D eigenvalue weighted by Gasteiger charge is -2.31. The molecule has 1 fully saturated rings. The molecule has 2 aromatic rings. The monoisotopic (exact) mass is 281 g/mol. The third-order valence-corrected chi connectivity index (χ3v) is 3.84. The van der Waals surface area contributed by atoms with E-state index in [0.29, 0.717) is 6.04 Å². The van der Waals surface area contributed by atoms with Gasteiger partial charge in [-0.15, -0.1) is 16.6 Å². The van der Waals surface area contributed by atoms with Gasteiger partial charge in [-0.05, 0) is 31.0 Å². The van der Waals surface area contributed by atoms with Crippen molar-refractivity contribution >= 4 is 5.69 Å². The second-order valence-electron chi connectivity index (χ2n) is 5.32. The van der Waals surface area contributed by atoms with Gasteiger partial charge in [0.2, 0.25) is 0 Å². The SMILES string of the molecule is C#CCN1CCC(Nc2cccc(-n3cnnc3)c2)CC1. The molecule has 1 aliphatic heterocycles. The number of hydrogen-bond donors (Lipinski definition) is 1. The molecule has 0 atom stereocenters. The standard InChI is InChI=1S/C16H19N5/c1-2-8-20-9-6-14(7-10-20)19-15-4-3-5-16(11-15)21-12-17-18-13-21/h1,3-5,11-14,19H,6-10H2. The van der Waals surface area contributed by atoms with E-state index in [2.05, 4.69) is 38.5 Å². The lowest BCUT2D eigenvalue weighted by molar-refractivity contribution is 0.243. The van der Waals surface area contributed by atoms with Gasteiger partial charge in [0.05, 0.1) is 12.2 Å². The highest BCUT2D eigenvalue weighted by Crippen LogP contribution is 2.19. The smallest absolute Gasteiger partial charge is 0.123 e. The molecule has 1 saturated heterocycles. The Morgan fingerprint density at radius 1 is 1.24 bits per heavy atom. The first-order chi connectivity index (χ1) is 10.3. The van der Waals surface area contributed by atoms with Crippen molar-refractivity contribution in [2.24, 2.45) is 0 Å². The summed E-state index contributed by atoms with van der Waals surface area (Å²) < 4.78 is 1.90. The maximum absolute atomic E-state index is 5.36. The number of anilines is 1. The first-order valence-electron chi connectivity index (χ1n) is 7.22. The Morgan fingerprint density at radius 2 is 2.00 bits per heavy atom. The van der Waals surface area contributed by atoms with Gasteiger partial charge >= 0.3 is 0 Å². The van der Waals surface area contributed by atoms with Gasteiger partial charge in [-0.1, -0.05) is 12.0 Å². The van der Waals surface area contributed by atoms with Gasteiger partial charge in [0, 0.05) is 24.8 Å². The van der Waals surface area contributed by atoms with Crippen LogP contribution in [0.1, 0.15) is 12.8 Å². The molecule has 0 spiro atoms. The van der Waals surface area contributed by atoms with Crippen LogP contribution in [0.5, 0.6) is 0 Å². The number of nitrogens with one attached hydrogen (secondary N) is 1. The summed E-state index contributed by atoms with van der Waals surface area (Å²) in [6.45, 7) is 2.88. The molecule has 0 bridgehead atoms. The molecule has 108 valence electrons. The Balaban J connectivity index is 1.61. The third-order valence-electron chi connectivity index (χ3n) is 3.84. The summed E-state index contributed by atoms with van der Waals surface area (Å²) in [5, 5.41) is 11.3. The molecule has 0 aliphatic carbocycles. The summed E-state index contributed by atoms with van der Waals surface area (Å²) in [6, 6.07) is 8.82. The van der Waals surface area contributed by atoms with Gasteiger partial charge in [-0.2, -0.15) is 0 Å². The molecule has 0 unspecified atom stereocenters. The lowest BCUT2D eigenvalue weighted by atomic mass is 10.0. The fraction of sp³-hybridized carbons (Fsp3) is 0.375. The van der Waals surface area contributed by atoms with E-state index in [0.717, 1.165) is 43.9 Å². The summed E-state index contributed by atoms with van der Waals surface area (Å²) in [6.07, 6.45) is 11.0. The summed E-state index contributed by atoms with van der Waals surface area (Å²) in [4.78, 5) is 2.33. The minimum absolute atomic E-state index is 0.509. The third kappa shape index (κ3) is 3.41. The number of benzene rings is 1. The van der Waals surface area contributed by atoms with Crippen LogP contribution in [0.15, 0.2) is 36.9 Å². The van der Waals surface area contributed by atoms with Crippen molar-refractivity contribution in [3.63, 3.8) is 0 Å². The van der Waals surface area contributed by atoms with Crippen LogP contribution in [0.25, 0.3) is 5.69 Å². The summed E-state index contributed by atoms with van der Waals surface area (Å²) >= 11 is 0. The highest BCUT2D eigenvalue weighted by Gasteiger charge is 2.18. The fourth-order valence-electron chi connectivity index (χ4n) is 2.69. The van der Waals surface area contributed by atoms with Crippen molar-refractivity contribution in [1.82, 2.24) is 19.7 Å². The largest absolute Gasteiger partial charge is 0.382 e. The van der Waals surface area contributed by atoms with Crippen molar-refractivity contribution < 1.29 is 0 Å². The van der Waals surface area contributed by atoms with E-state index in [9.17, 15) is 0 Å². The highest BCUT2D eigenvalue weighted by atomic mass is 15.2. The quantitative estimate of drug-likeness (QED) is 0.868. The fourth-order valence-corrected chi connectivity index (χ4v) is 2.69. The van der Waals surface area contributed by atoms with E-state index in [4.69, 9.17) is 6.42 Å². The molecule has 2 heterocycles. The van der Waals surface area contributed by atoms with Gasteiger partial charge in [-0.3, -0.25) is 9.47 Å². The normalized spacial score (nSPS) is 16.5. The Morgan fingerprint density at radius 3 is 2.71 bits per heavy atom. The van der Waals surface area contributed by atoms with Crippen LogP contribution in [0.2, 0.25) is 0 Å².